The van der Waals surface area contributed by atoms with Crippen LogP contribution < -0.4 is 10.2 Å². The zero-order chi connectivity index (χ0) is 18.6. The van der Waals surface area contributed by atoms with Gasteiger partial charge < -0.3 is 10.2 Å². The van der Waals surface area contributed by atoms with Crippen molar-refractivity contribution < 1.29 is 13.2 Å². The summed E-state index contributed by atoms with van der Waals surface area (Å²) in [6.07, 6.45) is 2.25. The lowest BCUT2D eigenvalue weighted by Crippen LogP contribution is -2.37. The summed E-state index contributed by atoms with van der Waals surface area (Å²) in [5, 5.41) is 10.9. The molecule has 1 N–H and O–H groups in total. The minimum absolute atomic E-state index is 0.0943. The van der Waals surface area contributed by atoms with E-state index in [1.54, 1.807) is 18.3 Å². The number of amides is 1. The van der Waals surface area contributed by atoms with E-state index in [1.807, 2.05) is 30.0 Å². The molecule has 0 radical (unpaired) electrons. The fourth-order valence-corrected chi connectivity index (χ4v) is 4.72. The second-order valence-electron chi connectivity index (χ2n) is 6.12. The number of nitrogens with one attached hydrogen (secondary N) is 1. The van der Waals surface area contributed by atoms with Gasteiger partial charge in [0.1, 0.15) is 0 Å². The van der Waals surface area contributed by atoms with Crippen molar-refractivity contribution in [3.05, 3.63) is 47.9 Å². The van der Waals surface area contributed by atoms with Gasteiger partial charge in [-0.25, -0.2) is 8.42 Å². The zero-order valence-electron chi connectivity index (χ0n) is 14.5. The van der Waals surface area contributed by atoms with E-state index < -0.39 is 9.84 Å². The molecule has 0 saturated carbocycles. The van der Waals surface area contributed by atoms with Gasteiger partial charge >= 0.3 is 0 Å². The van der Waals surface area contributed by atoms with Crippen LogP contribution in [0, 0.1) is 0 Å². The first-order valence-electron chi connectivity index (χ1n) is 8.47. The number of anilines is 1. The highest BCUT2D eigenvalue weighted by atomic mass is 32.2. The molecule has 1 aliphatic heterocycles. The third-order valence-electron chi connectivity index (χ3n) is 4.32. The number of nitrogens with zero attached hydrogens (tertiary/aromatic N) is 4. The maximum atomic E-state index is 12.2. The monoisotopic (exact) mass is 375 g/mol. The van der Waals surface area contributed by atoms with Gasteiger partial charge in [0.05, 0.1) is 23.7 Å². The van der Waals surface area contributed by atoms with Crippen LogP contribution in [0.4, 0.5) is 5.82 Å². The molecule has 1 fully saturated rings. The van der Waals surface area contributed by atoms with Gasteiger partial charge in [-0.15, -0.1) is 10.2 Å². The molecule has 1 saturated heterocycles. The van der Waals surface area contributed by atoms with Crippen LogP contribution in [0.5, 0.6) is 0 Å². The number of carbonyl (C=O) groups is 1. The minimum atomic E-state index is -2.97. The van der Waals surface area contributed by atoms with Gasteiger partial charge in [-0.05, 0) is 37.6 Å². The number of rotatable bonds is 6. The van der Waals surface area contributed by atoms with E-state index >= 15 is 0 Å². The topological polar surface area (TPSA) is 105 Å². The van der Waals surface area contributed by atoms with E-state index in [0.717, 1.165) is 5.69 Å². The Balaban J connectivity index is 1.64. The van der Waals surface area contributed by atoms with Crippen LogP contribution in [-0.2, 0) is 16.4 Å². The summed E-state index contributed by atoms with van der Waals surface area (Å²) in [5.74, 6) is 0.585. The van der Waals surface area contributed by atoms with Crippen LogP contribution in [0.3, 0.4) is 0 Å². The predicted molar refractivity (Wildman–Crippen MR) is 97.5 cm³/mol. The van der Waals surface area contributed by atoms with E-state index in [-0.39, 0.29) is 29.1 Å². The molecule has 3 heterocycles. The Morgan fingerprint density at radius 1 is 1.27 bits per heavy atom. The Morgan fingerprint density at radius 2 is 2.12 bits per heavy atom. The standard InChI is InChI=1S/C17H21N5O3S/c1-2-22(14-8-10-26(24,25)12-14)16-7-6-15(20-21-16)17(23)19-11-13-5-3-4-9-18-13/h3-7,9,14H,2,8,10-12H2,1H3,(H,19,23). The van der Waals surface area contributed by atoms with E-state index in [4.69, 9.17) is 0 Å². The Bertz CT molecular complexity index is 856. The zero-order valence-corrected chi connectivity index (χ0v) is 15.3. The Kier molecular flexibility index (Phi) is 5.46. The third kappa shape index (κ3) is 4.34. The highest BCUT2D eigenvalue weighted by Crippen LogP contribution is 2.22. The highest BCUT2D eigenvalue weighted by Gasteiger charge is 2.32. The predicted octanol–water partition coefficient (Wildman–Crippen LogP) is 0.815. The number of hydrogen-bond acceptors (Lipinski definition) is 7. The maximum Gasteiger partial charge on any atom is 0.272 e. The first kappa shape index (κ1) is 18.2. The minimum Gasteiger partial charge on any atom is -0.351 e. The van der Waals surface area contributed by atoms with Gasteiger partial charge in [0.25, 0.3) is 5.91 Å². The van der Waals surface area contributed by atoms with E-state index in [2.05, 4.69) is 20.5 Å². The lowest BCUT2D eigenvalue weighted by Gasteiger charge is -2.27. The summed E-state index contributed by atoms with van der Waals surface area (Å²) in [6, 6.07) is 8.70. The molecular formula is C17H21N5O3S. The number of sulfone groups is 1. The molecule has 3 rings (SSSR count). The van der Waals surface area contributed by atoms with Gasteiger partial charge in [0.15, 0.2) is 21.3 Å². The average Bonchev–Trinajstić information content (AvgIpc) is 3.01. The van der Waals surface area contributed by atoms with Crippen molar-refractivity contribution in [3.8, 4) is 0 Å². The SMILES string of the molecule is CCN(c1ccc(C(=O)NCc2ccccn2)nn1)C1CCS(=O)(=O)C1. The average molecular weight is 375 g/mol. The van der Waals surface area contributed by atoms with Gasteiger partial charge in [0, 0.05) is 18.8 Å². The van der Waals surface area contributed by atoms with Crippen molar-refractivity contribution in [1.82, 2.24) is 20.5 Å². The molecule has 0 bridgehead atoms. The van der Waals surface area contributed by atoms with Gasteiger partial charge in [-0.1, -0.05) is 6.07 Å². The Hall–Kier alpha value is -2.55. The molecule has 138 valence electrons. The van der Waals surface area contributed by atoms with Crippen LogP contribution in [0.1, 0.15) is 29.5 Å². The van der Waals surface area contributed by atoms with Crippen molar-refractivity contribution >= 4 is 21.6 Å². The van der Waals surface area contributed by atoms with Crippen LogP contribution in [0.15, 0.2) is 36.5 Å². The smallest absolute Gasteiger partial charge is 0.272 e. The van der Waals surface area contributed by atoms with Crippen molar-refractivity contribution in [2.75, 3.05) is 23.0 Å². The molecular weight excluding hydrogens is 354 g/mol. The highest BCUT2D eigenvalue weighted by molar-refractivity contribution is 7.91. The summed E-state index contributed by atoms with van der Waals surface area (Å²) < 4.78 is 23.4. The molecule has 1 aliphatic rings. The summed E-state index contributed by atoms with van der Waals surface area (Å²) in [6.45, 7) is 2.88. The van der Waals surface area contributed by atoms with Gasteiger partial charge in [-0.3, -0.25) is 9.78 Å². The molecule has 8 nitrogen and oxygen atoms in total. The third-order valence-corrected chi connectivity index (χ3v) is 6.07. The molecule has 9 heteroatoms. The molecule has 2 aromatic rings. The molecule has 0 spiro atoms. The summed E-state index contributed by atoms with van der Waals surface area (Å²) in [5.41, 5.74) is 0.963. The van der Waals surface area contributed by atoms with Crippen LogP contribution in [-0.4, -0.2) is 53.6 Å². The fourth-order valence-electron chi connectivity index (χ4n) is 2.99. The lowest BCUT2D eigenvalue weighted by molar-refractivity contribution is 0.0944. The Morgan fingerprint density at radius 3 is 2.69 bits per heavy atom. The van der Waals surface area contributed by atoms with E-state index in [9.17, 15) is 13.2 Å². The summed E-state index contributed by atoms with van der Waals surface area (Å²) in [4.78, 5) is 18.2. The van der Waals surface area contributed by atoms with Crippen LogP contribution >= 0.6 is 0 Å². The Labute approximate surface area is 152 Å². The number of aromatic nitrogens is 3. The first-order chi connectivity index (χ1) is 12.5. The van der Waals surface area contributed by atoms with Crippen LogP contribution in [0.25, 0.3) is 0 Å². The summed E-state index contributed by atoms with van der Waals surface area (Å²) in [7, 11) is -2.97. The molecule has 1 amide bonds. The quantitative estimate of drug-likeness (QED) is 0.797. The second kappa shape index (κ2) is 7.77. The molecule has 1 atom stereocenters. The van der Waals surface area contributed by atoms with Crippen molar-refractivity contribution in [3.63, 3.8) is 0 Å². The summed E-state index contributed by atoms with van der Waals surface area (Å²) >= 11 is 0. The van der Waals surface area contributed by atoms with Crippen molar-refractivity contribution in [1.29, 1.82) is 0 Å². The number of pyridine rings is 1. The number of carbonyl (C=O) groups excluding carboxylic acids is 1. The fraction of sp³-hybridized carbons (Fsp3) is 0.412. The molecule has 0 aliphatic carbocycles. The lowest BCUT2D eigenvalue weighted by atomic mass is 10.2. The maximum absolute atomic E-state index is 12.2. The van der Waals surface area contributed by atoms with Crippen molar-refractivity contribution in [2.45, 2.75) is 25.9 Å². The molecule has 2 aromatic heterocycles. The molecule has 0 aromatic carbocycles. The molecule has 1 unspecified atom stereocenters. The second-order valence-corrected chi connectivity index (χ2v) is 8.35. The van der Waals surface area contributed by atoms with E-state index in [1.165, 1.54) is 0 Å². The first-order valence-corrected chi connectivity index (χ1v) is 10.3. The normalized spacial score (nSPS) is 18.4. The van der Waals surface area contributed by atoms with Crippen LogP contribution in [0.2, 0.25) is 0 Å². The largest absolute Gasteiger partial charge is 0.351 e. The number of hydrogen-bond donors (Lipinski definition) is 1. The van der Waals surface area contributed by atoms with E-state index in [0.29, 0.717) is 25.3 Å². The van der Waals surface area contributed by atoms with Gasteiger partial charge in [0.2, 0.25) is 0 Å². The van der Waals surface area contributed by atoms with Crippen molar-refractivity contribution in [2.24, 2.45) is 0 Å². The molecule has 26 heavy (non-hydrogen) atoms. The van der Waals surface area contributed by atoms with Gasteiger partial charge in [-0.2, -0.15) is 0 Å².